The first-order chi connectivity index (χ1) is 6.14. The zero-order valence-corrected chi connectivity index (χ0v) is 8.68. The van der Waals surface area contributed by atoms with E-state index in [1.165, 1.54) is 6.08 Å². The fourth-order valence-corrected chi connectivity index (χ4v) is 2.31. The van der Waals surface area contributed by atoms with Gasteiger partial charge in [-0.3, -0.25) is 4.79 Å². The molecule has 1 heterocycles. The van der Waals surface area contributed by atoms with Crippen molar-refractivity contribution >= 4 is 5.91 Å². The van der Waals surface area contributed by atoms with Gasteiger partial charge in [0.05, 0.1) is 0 Å². The Balaban J connectivity index is 2.72. The van der Waals surface area contributed by atoms with Crippen molar-refractivity contribution in [2.24, 2.45) is 0 Å². The third-order valence-electron chi connectivity index (χ3n) is 2.98. The van der Waals surface area contributed by atoms with E-state index in [0.717, 1.165) is 32.2 Å². The van der Waals surface area contributed by atoms with Crippen LogP contribution in [0.2, 0.25) is 0 Å². The van der Waals surface area contributed by atoms with Gasteiger partial charge in [0.15, 0.2) is 0 Å². The normalized spacial score (nSPS) is 27.7. The van der Waals surface area contributed by atoms with Crippen LogP contribution in [0.3, 0.4) is 0 Å². The Labute approximate surface area is 80.6 Å². The van der Waals surface area contributed by atoms with Gasteiger partial charge in [-0.2, -0.15) is 0 Å². The van der Waals surface area contributed by atoms with Crippen LogP contribution >= 0.6 is 0 Å². The molecule has 0 saturated carbocycles. The first kappa shape index (κ1) is 10.3. The highest BCUT2D eigenvalue weighted by molar-refractivity contribution is 5.87. The summed E-state index contributed by atoms with van der Waals surface area (Å²) in [5.41, 5.74) is 0.0972. The first-order valence-electron chi connectivity index (χ1n) is 5.08. The molecule has 0 aromatic carbocycles. The molecule has 0 bridgehead atoms. The number of carbonyl (C=O) groups excluding carboxylic acids is 1. The van der Waals surface area contributed by atoms with E-state index in [0.29, 0.717) is 0 Å². The number of likely N-dealkylation sites (tertiary alicyclic amines) is 1. The number of hydrogen-bond acceptors (Lipinski definition) is 1. The molecule has 1 aliphatic rings. The van der Waals surface area contributed by atoms with E-state index in [-0.39, 0.29) is 11.4 Å². The van der Waals surface area contributed by atoms with Crippen LogP contribution in [-0.2, 0) is 4.79 Å². The predicted molar refractivity (Wildman–Crippen MR) is 54.5 cm³/mol. The van der Waals surface area contributed by atoms with Crippen molar-refractivity contribution in [1.82, 2.24) is 4.90 Å². The van der Waals surface area contributed by atoms with Crippen molar-refractivity contribution in [2.45, 2.75) is 45.1 Å². The van der Waals surface area contributed by atoms with Gasteiger partial charge in [0, 0.05) is 12.1 Å². The molecule has 0 spiro atoms. The Morgan fingerprint density at radius 3 is 2.92 bits per heavy atom. The van der Waals surface area contributed by atoms with Crippen LogP contribution in [-0.4, -0.2) is 22.9 Å². The number of amides is 1. The van der Waals surface area contributed by atoms with E-state index < -0.39 is 0 Å². The van der Waals surface area contributed by atoms with Gasteiger partial charge in [0.2, 0.25) is 5.91 Å². The lowest BCUT2D eigenvalue weighted by atomic mass is 9.93. The average molecular weight is 181 g/mol. The summed E-state index contributed by atoms with van der Waals surface area (Å²) in [7, 11) is 0. The highest BCUT2D eigenvalue weighted by atomic mass is 16.2. The monoisotopic (exact) mass is 181 g/mol. The van der Waals surface area contributed by atoms with Crippen LogP contribution in [0.15, 0.2) is 12.7 Å². The average Bonchev–Trinajstić information content (AvgIpc) is 2.47. The van der Waals surface area contributed by atoms with Gasteiger partial charge < -0.3 is 4.90 Å². The third-order valence-corrected chi connectivity index (χ3v) is 2.98. The number of rotatable bonds is 3. The largest absolute Gasteiger partial charge is 0.334 e. The van der Waals surface area contributed by atoms with E-state index in [1.54, 1.807) is 0 Å². The molecular weight excluding hydrogens is 162 g/mol. The molecule has 0 aromatic rings. The summed E-state index contributed by atoms with van der Waals surface area (Å²) in [6.07, 6.45) is 5.94. The minimum absolute atomic E-state index is 0.0912. The minimum Gasteiger partial charge on any atom is -0.334 e. The molecule has 2 heteroatoms. The molecule has 2 nitrogen and oxygen atoms in total. The quantitative estimate of drug-likeness (QED) is 0.612. The van der Waals surface area contributed by atoms with Gasteiger partial charge in [0.25, 0.3) is 0 Å². The lowest BCUT2D eigenvalue weighted by molar-refractivity contribution is -0.129. The molecule has 1 aliphatic heterocycles. The Kier molecular flexibility index (Phi) is 3.12. The summed E-state index contributed by atoms with van der Waals surface area (Å²) in [6, 6.07) is 0. The molecule has 0 unspecified atom stereocenters. The third kappa shape index (κ3) is 1.93. The van der Waals surface area contributed by atoms with Gasteiger partial charge in [0.1, 0.15) is 0 Å². The van der Waals surface area contributed by atoms with Crippen molar-refractivity contribution in [3.63, 3.8) is 0 Å². The summed E-state index contributed by atoms with van der Waals surface area (Å²) >= 11 is 0. The smallest absolute Gasteiger partial charge is 0.246 e. The standard InChI is InChI=1S/C11H19NO/c1-4-7-11(3)8-6-9-12(11)10(13)5-2/h5H,2,4,6-9H2,1,3H3/t11-/m1/s1. The zero-order chi connectivity index (χ0) is 9.90. The van der Waals surface area contributed by atoms with Gasteiger partial charge in [-0.05, 0) is 32.3 Å². The lowest BCUT2D eigenvalue weighted by Gasteiger charge is -2.34. The van der Waals surface area contributed by atoms with Crippen molar-refractivity contribution in [2.75, 3.05) is 6.54 Å². The van der Waals surface area contributed by atoms with Crippen LogP contribution in [0.4, 0.5) is 0 Å². The molecule has 0 N–H and O–H groups in total. The molecule has 0 aromatic heterocycles. The van der Waals surface area contributed by atoms with Crippen LogP contribution in [0.5, 0.6) is 0 Å². The van der Waals surface area contributed by atoms with E-state index in [1.807, 2.05) is 4.90 Å². The Bertz CT molecular complexity index is 212. The summed E-state index contributed by atoms with van der Waals surface area (Å²) < 4.78 is 0. The molecular formula is C11H19NO. The lowest BCUT2D eigenvalue weighted by Crippen LogP contribution is -2.44. The molecule has 1 rings (SSSR count). The predicted octanol–water partition coefficient (Wildman–Crippen LogP) is 2.35. The Morgan fingerprint density at radius 1 is 1.69 bits per heavy atom. The molecule has 1 atom stereocenters. The van der Waals surface area contributed by atoms with E-state index in [2.05, 4.69) is 20.4 Å². The molecule has 74 valence electrons. The van der Waals surface area contributed by atoms with Crippen LogP contribution < -0.4 is 0 Å². The van der Waals surface area contributed by atoms with Gasteiger partial charge >= 0.3 is 0 Å². The Hall–Kier alpha value is -0.790. The highest BCUT2D eigenvalue weighted by Gasteiger charge is 2.37. The summed E-state index contributed by atoms with van der Waals surface area (Å²) in [5, 5.41) is 0. The highest BCUT2D eigenvalue weighted by Crippen LogP contribution is 2.33. The van der Waals surface area contributed by atoms with Crippen molar-refractivity contribution in [3.05, 3.63) is 12.7 Å². The summed E-state index contributed by atoms with van der Waals surface area (Å²) in [6.45, 7) is 8.80. The van der Waals surface area contributed by atoms with Gasteiger partial charge in [-0.25, -0.2) is 0 Å². The molecule has 0 radical (unpaired) electrons. The topological polar surface area (TPSA) is 20.3 Å². The second-order valence-corrected chi connectivity index (χ2v) is 4.04. The molecule has 1 amide bonds. The van der Waals surface area contributed by atoms with Crippen molar-refractivity contribution in [3.8, 4) is 0 Å². The van der Waals surface area contributed by atoms with E-state index in [4.69, 9.17) is 0 Å². The minimum atomic E-state index is 0.0912. The second kappa shape index (κ2) is 3.95. The van der Waals surface area contributed by atoms with Crippen LogP contribution in [0.25, 0.3) is 0 Å². The molecule has 13 heavy (non-hydrogen) atoms. The maximum atomic E-state index is 11.5. The zero-order valence-electron chi connectivity index (χ0n) is 8.68. The van der Waals surface area contributed by atoms with E-state index in [9.17, 15) is 4.79 Å². The number of carbonyl (C=O) groups is 1. The maximum absolute atomic E-state index is 11.5. The van der Waals surface area contributed by atoms with Gasteiger partial charge in [-0.15, -0.1) is 0 Å². The number of hydrogen-bond donors (Lipinski definition) is 0. The fourth-order valence-electron chi connectivity index (χ4n) is 2.31. The fraction of sp³-hybridized carbons (Fsp3) is 0.727. The Morgan fingerprint density at radius 2 is 2.38 bits per heavy atom. The summed E-state index contributed by atoms with van der Waals surface area (Å²) in [5.74, 6) is 0.0912. The second-order valence-electron chi connectivity index (χ2n) is 4.04. The van der Waals surface area contributed by atoms with Crippen molar-refractivity contribution in [1.29, 1.82) is 0 Å². The van der Waals surface area contributed by atoms with Crippen LogP contribution in [0, 0.1) is 0 Å². The van der Waals surface area contributed by atoms with Crippen LogP contribution in [0.1, 0.15) is 39.5 Å². The number of nitrogens with zero attached hydrogens (tertiary/aromatic N) is 1. The summed E-state index contributed by atoms with van der Waals surface area (Å²) in [4.78, 5) is 13.5. The molecule has 0 aliphatic carbocycles. The van der Waals surface area contributed by atoms with E-state index >= 15 is 0 Å². The maximum Gasteiger partial charge on any atom is 0.246 e. The SMILES string of the molecule is C=CC(=O)N1CCC[C@@]1(C)CCC. The first-order valence-corrected chi connectivity index (χ1v) is 5.08. The van der Waals surface area contributed by atoms with Crippen molar-refractivity contribution < 1.29 is 4.79 Å². The van der Waals surface area contributed by atoms with Gasteiger partial charge in [-0.1, -0.05) is 19.9 Å². The molecule has 1 fully saturated rings. The molecule has 1 saturated heterocycles.